The molecule has 6 nitrogen and oxygen atoms in total. The average molecular weight is 230 g/mol. The normalized spacial score (nSPS) is 34.2. The van der Waals surface area contributed by atoms with E-state index in [-0.39, 0.29) is 0 Å². The number of halogens is 1. The minimum Gasteiger partial charge on any atom is -0.394 e. The molecule has 1 aromatic heterocycles. The summed E-state index contributed by atoms with van der Waals surface area (Å²) in [5.41, 5.74) is -0.666. The first-order valence-corrected chi connectivity index (χ1v) is 4.76. The molecule has 1 aliphatic heterocycles. The molecular weight excluding hydrogens is 219 g/mol. The molecule has 1 aromatic rings. The first-order chi connectivity index (χ1) is 7.65. The largest absolute Gasteiger partial charge is 0.394 e. The lowest BCUT2D eigenvalue weighted by Gasteiger charge is -2.14. The van der Waals surface area contributed by atoms with E-state index in [0.29, 0.717) is 0 Å². The summed E-state index contributed by atoms with van der Waals surface area (Å²) >= 11 is 0. The van der Waals surface area contributed by atoms with Gasteiger partial charge in [-0.15, -0.1) is 0 Å². The Bertz CT molecular complexity index is 424. The third-order valence-corrected chi connectivity index (χ3v) is 2.49. The lowest BCUT2D eigenvalue weighted by Crippen LogP contribution is -2.33. The van der Waals surface area contributed by atoms with E-state index in [0.717, 1.165) is 4.57 Å². The zero-order valence-electron chi connectivity index (χ0n) is 8.23. The highest BCUT2D eigenvalue weighted by Crippen LogP contribution is 2.30. The second kappa shape index (κ2) is 4.28. The minimum atomic E-state index is -1.76. The van der Waals surface area contributed by atoms with Crippen LogP contribution in [-0.2, 0) is 4.74 Å². The van der Waals surface area contributed by atoms with E-state index in [1.807, 2.05) is 0 Å². The summed E-state index contributed by atoms with van der Waals surface area (Å²) in [6.07, 6.45) is -2.87. The van der Waals surface area contributed by atoms with Crippen molar-refractivity contribution < 1.29 is 19.3 Å². The van der Waals surface area contributed by atoms with Crippen molar-refractivity contribution in [2.75, 3.05) is 6.61 Å². The highest BCUT2D eigenvalue weighted by molar-refractivity contribution is 4.92. The summed E-state index contributed by atoms with van der Waals surface area (Å²) in [6.45, 7) is -0.507. The van der Waals surface area contributed by atoms with E-state index >= 15 is 0 Å². The Morgan fingerprint density at radius 3 is 2.94 bits per heavy atom. The maximum atomic E-state index is 13.6. The van der Waals surface area contributed by atoms with Crippen molar-refractivity contribution in [3.05, 3.63) is 28.9 Å². The van der Waals surface area contributed by atoms with Gasteiger partial charge in [0.25, 0.3) is 0 Å². The van der Waals surface area contributed by atoms with Crippen molar-refractivity contribution in [2.24, 2.45) is 0 Å². The molecule has 1 fully saturated rings. The zero-order valence-corrected chi connectivity index (χ0v) is 8.23. The Hall–Kier alpha value is -1.31. The van der Waals surface area contributed by atoms with Gasteiger partial charge >= 0.3 is 5.69 Å². The fraction of sp³-hybridized carbons (Fsp3) is 0.556. The number of aliphatic hydroxyl groups excluding tert-OH is 2. The quantitative estimate of drug-likeness (QED) is 0.669. The molecule has 0 unspecified atom stereocenters. The molecule has 2 rings (SSSR count). The van der Waals surface area contributed by atoms with Crippen LogP contribution in [0.2, 0.25) is 0 Å². The lowest BCUT2D eigenvalue weighted by molar-refractivity contribution is -0.0491. The standard InChI is InChI=1S/C9H11FN2O4/c10-6-7(14)5(4-13)16-8(6)12-3-1-2-11-9(12)15/h1-3,5-8,13-14H,4H2/t5-,6-,7-,8-/m0/s1. The molecule has 0 aromatic carbocycles. The summed E-state index contributed by atoms with van der Waals surface area (Å²) < 4.78 is 19.6. The molecule has 1 aliphatic rings. The molecule has 2 heterocycles. The van der Waals surface area contributed by atoms with Crippen LogP contribution in [0.5, 0.6) is 0 Å². The third-order valence-electron chi connectivity index (χ3n) is 2.49. The van der Waals surface area contributed by atoms with Crippen LogP contribution >= 0.6 is 0 Å². The van der Waals surface area contributed by atoms with Gasteiger partial charge in [-0.05, 0) is 6.07 Å². The number of rotatable bonds is 2. The number of ether oxygens (including phenoxy) is 1. The van der Waals surface area contributed by atoms with Crippen LogP contribution in [0.4, 0.5) is 4.39 Å². The molecule has 7 heteroatoms. The average Bonchev–Trinajstić information content (AvgIpc) is 2.57. The predicted octanol–water partition coefficient (Wildman–Crippen LogP) is -1.17. The highest BCUT2D eigenvalue weighted by Gasteiger charge is 2.45. The predicted molar refractivity (Wildman–Crippen MR) is 50.4 cm³/mol. The van der Waals surface area contributed by atoms with Crippen molar-refractivity contribution in [3.8, 4) is 0 Å². The SMILES string of the molecule is O=c1ncccn1[C@H]1O[C@@H](CO)[C@H](O)[C@@H]1F. The molecule has 0 bridgehead atoms. The number of nitrogens with zero attached hydrogens (tertiary/aromatic N) is 2. The van der Waals surface area contributed by atoms with Gasteiger partial charge in [0.1, 0.15) is 12.2 Å². The topological polar surface area (TPSA) is 84.6 Å². The van der Waals surface area contributed by atoms with Crippen LogP contribution in [0.3, 0.4) is 0 Å². The molecule has 0 aliphatic carbocycles. The summed E-state index contributed by atoms with van der Waals surface area (Å²) in [5.74, 6) is 0. The fourth-order valence-corrected chi connectivity index (χ4v) is 1.64. The maximum Gasteiger partial charge on any atom is 0.349 e. The Morgan fingerprint density at radius 1 is 1.62 bits per heavy atom. The fourth-order valence-electron chi connectivity index (χ4n) is 1.64. The van der Waals surface area contributed by atoms with Gasteiger partial charge in [0.15, 0.2) is 12.4 Å². The molecule has 0 spiro atoms. The van der Waals surface area contributed by atoms with E-state index in [1.54, 1.807) is 0 Å². The smallest absolute Gasteiger partial charge is 0.349 e. The van der Waals surface area contributed by atoms with Gasteiger partial charge in [-0.1, -0.05) is 0 Å². The van der Waals surface area contributed by atoms with Gasteiger partial charge in [-0.3, -0.25) is 4.57 Å². The summed E-state index contributed by atoms with van der Waals surface area (Å²) in [6, 6.07) is 1.45. The maximum absolute atomic E-state index is 13.6. The van der Waals surface area contributed by atoms with Gasteiger partial charge in [-0.25, -0.2) is 14.2 Å². The number of alkyl halides is 1. The molecule has 2 N–H and O–H groups in total. The number of hydrogen-bond acceptors (Lipinski definition) is 5. The lowest BCUT2D eigenvalue weighted by atomic mass is 10.1. The molecule has 1 saturated heterocycles. The van der Waals surface area contributed by atoms with Crippen LogP contribution in [0.15, 0.2) is 23.3 Å². The summed E-state index contributed by atoms with van der Waals surface area (Å²) in [5, 5.41) is 18.2. The minimum absolute atomic E-state index is 0.507. The molecule has 0 amide bonds. The second-order valence-corrected chi connectivity index (χ2v) is 3.49. The van der Waals surface area contributed by atoms with Gasteiger partial charge in [0.2, 0.25) is 0 Å². The van der Waals surface area contributed by atoms with Crippen LogP contribution in [-0.4, -0.2) is 44.8 Å². The molecule has 16 heavy (non-hydrogen) atoms. The van der Waals surface area contributed by atoms with Crippen LogP contribution in [0.1, 0.15) is 6.23 Å². The van der Waals surface area contributed by atoms with Gasteiger partial charge in [0, 0.05) is 12.4 Å². The number of aromatic nitrogens is 2. The Morgan fingerprint density at radius 2 is 2.38 bits per heavy atom. The Kier molecular flexibility index (Phi) is 2.99. The third kappa shape index (κ3) is 1.73. The number of aliphatic hydroxyl groups is 2. The van der Waals surface area contributed by atoms with E-state index in [9.17, 15) is 14.3 Å². The van der Waals surface area contributed by atoms with Crippen molar-refractivity contribution in [1.29, 1.82) is 0 Å². The molecule has 0 radical (unpaired) electrons. The van der Waals surface area contributed by atoms with Gasteiger partial charge in [0.05, 0.1) is 6.61 Å². The summed E-state index contributed by atoms with van der Waals surface area (Å²) in [7, 11) is 0. The Balaban J connectivity index is 2.30. The molecular formula is C9H11FN2O4. The first-order valence-electron chi connectivity index (χ1n) is 4.76. The number of hydrogen-bond donors (Lipinski definition) is 2. The van der Waals surface area contributed by atoms with Crippen LogP contribution < -0.4 is 5.69 Å². The van der Waals surface area contributed by atoms with Gasteiger partial charge in [-0.2, -0.15) is 0 Å². The van der Waals surface area contributed by atoms with Crippen LogP contribution in [0.25, 0.3) is 0 Å². The van der Waals surface area contributed by atoms with E-state index in [1.165, 1.54) is 18.5 Å². The van der Waals surface area contributed by atoms with Crippen molar-refractivity contribution in [3.63, 3.8) is 0 Å². The molecule has 88 valence electrons. The first kappa shape index (κ1) is 11.2. The summed E-state index contributed by atoms with van der Waals surface area (Å²) in [4.78, 5) is 14.8. The second-order valence-electron chi connectivity index (χ2n) is 3.49. The van der Waals surface area contributed by atoms with E-state index in [2.05, 4.69) is 4.98 Å². The van der Waals surface area contributed by atoms with E-state index < -0.39 is 36.9 Å². The highest BCUT2D eigenvalue weighted by atomic mass is 19.1. The Labute approximate surface area is 89.9 Å². The van der Waals surface area contributed by atoms with Gasteiger partial charge < -0.3 is 14.9 Å². The zero-order chi connectivity index (χ0) is 11.7. The van der Waals surface area contributed by atoms with E-state index in [4.69, 9.17) is 9.84 Å². The molecule has 0 saturated carbocycles. The molecule has 4 atom stereocenters. The monoisotopic (exact) mass is 230 g/mol. The van der Waals surface area contributed by atoms with Crippen molar-refractivity contribution >= 4 is 0 Å². The van der Waals surface area contributed by atoms with Crippen molar-refractivity contribution in [2.45, 2.75) is 24.6 Å². The van der Waals surface area contributed by atoms with Crippen molar-refractivity contribution in [1.82, 2.24) is 9.55 Å². The van der Waals surface area contributed by atoms with Crippen LogP contribution in [0, 0.1) is 0 Å².